The Balaban J connectivity index is 2.16. The van der Waals surface area contributed by atoms with E-state index in [1.165, 1.54) is 16.4 Å². The van der Waals surface area contributed by atoms with Gasteiger partial charge in [-0.1, -0.05) is 30.3 Å². The van der Waals surface area contributed by atoms with E-state index in [1.54, 1.807) is 0 Å². The van der Waals surface area contributed by atoms with Crippen LogP contribution in [0.25, 0.3) is 11.3 Å². The Morgan fingerprint density at radius 1 is 1.30 bits per heavy atom. The minimum absolute atomic E-state index is 0.215. The van der Waals surface area contributed by atoms with Crippen LogP contribution in [0.1, 0.15) is 4.88 Å². The van der Waals surface area contributed by atoms with Gasteiger partial charge in [-0.2, -0.15) is 0 Å². The fraction of sp³-hybridized carbons (Fsp3) is 0.0909. The molecule has 0 fully saturated rings. The lowest BCUT2D eigenvalue weighted by Crippen LogP contribution is -2.35. The maximum Gasteiger partial charge on any atom is 0.324 e. The lowest BCUT2D eigenvalue weighted by atomic mass is 10.1. The first-order valence-corrected chi connectivity index (χ1v) is 7.85. The minimum Gasteiger partial charge on any atom is -0.795 e. The summed E-state index contributed by atoms with van der Waals surface area (Å²) in [5, 5.41) is 3.73. The number of carbonyl (C=O) groups excluding carboxylic acids is 1. The summed E-state index contributed by atoms with van der Waals surface area (Å²) in [5.41, 5.74) is 1.58. The van der Waals surface area contributed by atoms with Crippen LogP contribution in [0.4, 0.5) is 9.93 Å². The van der Waals surface area contributed by atoms with Crippen molar-refractivity contribution in [3.63, 3.8) is 0 Å². The largest absolute Gasteiger partial charge is 0.795 e. The minimum atomic E-state index is -5.11. The van der Waals surface area contributed by atoms with Crippen LogP contribution in [0.2, 0.25) is 0 Å². The second-order valence-corrected chi connectivity index (χ2v) is 6.27. The molecule has 0 radical (unpaired) electrons. The van der Waals surface area contributed by atoms with Crippen molar-refractivity contribution in [2.24, 2.45) is 0 Å². The highest BCUT2D eigenvalue weighted by molar-refractivity contribution is 7.47. The molecule has 0 aliphatic heterocycles. The van der Waals surface area contributed by atoms with Gasteiger partial charge in [0, 0.05) is 18.2 Å². The molecule has 0 aliphatic rings. The summed E-state index contributed by atoms with van der Waals surface area (Å²) in [6, 6.07) is 8.22. The highest BCUT2D eigenvalue weighted by Crippen LogP contribution is 2.30. The normalized spacial score (nSPS) is 11.2. The van der Waals surface area contributed by atoms with E-state index in [-0.39, 0.29) is 5.13 Å². The Bertz CT molecular complexity index is 668. The van der Waals surface area contributed by atoms with Crippen molar-refractivity contribution in [2.45, 2.75) is 6.92 Å². The Kier molecular flexibility index (Phi) is 4.20. The molecule has 106 valence electrons. The molecule has 0 saturated carbocycles. The van der Waals surface area contributed by atoms with Crippen molar-refractivity contribution in [2.75, 3.05) is 5.32 Å². The Morgan fingerprint density at radius 3 is 2.55 bits per heavy atom. The monoisotopic (exact) mass is 311 g/mol. The average molecular weight is 311 g/mol. The molecule has 20 heavy (non-hydrogen) atoms. The number of rotatable bonds is 3. The molecule has 2 aromatic rings. The second-order valence-electron chi connectivity index (χ2n) is 3.85. The summed E-state index contributed by atoms with van der Waals surface area (Å²) < 4.78 is 10.4. The summed E-state index contributed by atoms with van der Waals surface area (Å²) in [6.07, 6.45) is 0. The van der Waals surface area contributed by atoms with Gasteiger partial charge in [0.1, 0.15) is 0 Å². The number of thiazole rings is 1. The SMILES string of the molecule is Cc1sc(NC(=O)NP(=O)([O-])[O-])nc1-c1ccccc1. The number of urea groups is 1. The molecule has 7 nitrogen and oxygen atoms in total. The maximum atomic E-state index is 11.3. The third-order valence-corrected chi connectivity index (χ3v) is 3.67. The van der Waals surface area contributed by atoms with Gasteiger partial charge in [0.2, 0.25) is 0 Å². The van der Waals surface area contributed by atoms with Crippen molar-refractivity contribution < 1.29 is 19.1 Å². The zero-order valence-corrected chi connectivity index (χ0v) is 12.0. The maximum absolute atomic E-state index is 11.3. The van der Waals surface area contributed by atoms with Gasteiger partial charge in [-0.15, -0.1) is 11.3 Å². The van der Waals surface area contributed by atoms with Crippen molar-refractivity contribution in [1.82, 2.24) is 10.1 Å². The number of benzene rings is 1. The molecule has 9 heteroatoms. The van der Waals surface area contributed by atoms with E-state index in [0.717, 1.165) is 10.4 Å². The lowest BCUT2D eigenvalue weighted by molar-refractivity contribution is -0.316. The molecule has 0 bridgehead atoms. The van der Waals surface area contributed by atoms with Crippen molar-refractivity contribution >= 4 is 30.2 Å². The molecule has 0 aliphatic carbocycles. The molecular weight excluding hydrogens is 301 g/mol. The summed E-state index contributed by atoms with van der Waals surface area (Å²) in [5.74, 6) is 0. The topological polar surface area (TPSA) is 117 Å². The first-order chi connectivity index (χ1) is 9.35. The molecule has 0 atom stereocenters. The highest BCUT2D eigenvalue weighted by Gasteiger charge is 2.11. The number of carbonyl (C=O) groups is 1. The van der Waals surface area contributed by atoms with Gasteiger partial charge in [0.05, 0.1) is 5.69 Å². The predicted octanol–water partition coefficient (Wildman–Crippen LogP) is 1.07. The predicted molar refractivity (Wildman–Crippen MR) is 72.0 cm³/mol. The van der Waals surface area contributed by atoms with Crippen molar-refractivity contribution in [3.05, 3.63) is 35.2 Å². The van der Waals surface area contributed by atoms with Crippen LogP contribution in [0.3, 0.4) is 0 Å². The van der Waals surface area contributed by atoms with Gasteiger partial charge < -0.3 is 19.4 Å². The van der Waals surface area contributed by atoms with Gasteiger partial charge in [-0.3, -0.25) is 5.32 Å². The number of hydrogen-bond donors (Lipinski definition) is 2. The van der Waals surface area contributed by atoms with Crippen LogP contribution in [-0.4, -0.2) is 11.0 Å². The zero-order valence-electron chi connectivity index (χ0n) is 10.3. The first-order valence-electron chi connectivity index (χ1n) is 5.49. The molecular formula is C11H10N3O4PS-2. The van der Waals surface area contributed by atoms with Gasteiger partial charge in [0.15, 0.2) is 5.13 Å². The third kappa shape index (κ3) is 3.88. The summed E-state index contributed by atoms with van der Waals surface area (Å²) >= 11 is 1.19. The van der Waals surface area contributed by atoms with E-state index in [4.69, 9.17) is 0 Å². The third-order valence-electron chi connectivity index (χ3n) is 2.30. The summed E-state index contributed by atoms with van der Waals surface area (Å²) in [4.78, 5) is 37.1. The van der Waals surface area contributed by atoms with Crippen LogP contribution < -0.4 is 20.2 Å². The molecule has 1 heterocycles. The fourth-order valence-electron chi connectivity index (χ4n) is 1.56. The van der Waals surface area contributed by atoms with Crippen LogP contribution in [-0.2, 0) is 4.57 Å². The molecule has 1 aromatic carbocycles. The number of aromatic nitrogens is 1. The van der Waals surface area contributed by atoms with Gasteiger partial charge in [0.25, 0.3) is 0 Å². The van der Waals surface area contributed by atoms with Crippen molar-refractivity contribution in [1.29, 1.82) is 0 Å². The first kappa shape index (κ1) is 14.7. The molecule has 0 unspecified atom stereocenters. The van der Waals surface area contributed by atoms with E-state index in [2.05, 4.69) is 10.3 Å². The number of hydrogen-bond acceptors (Lipinski definition) is 6. The number of aryl methyl sites for hydroxylation is 1. The van der Waals surface area contributed by atoms with Gasteiger partial charge in [-0.25, -0.2) is 9.78 Å². The van der Waals surface area contributed by atoms with E-state index in [0.29, 0.717) is 5.69 Å². The van der Waals surface area contributed by atoms with E-state index < -0.39 is 13.8 Å². The second kappa shape index (κ2) is 5.72. The van der Waals surface area contributed by atoms with Crippen molar-refractivity contribution in [3.8, 4) is 11.3 Å². The number of nitrogens with one attached hydrogen (secondary N) is 2. The standard InChI is InChI=1S/C11H12N3O4PS/c1-7-9(8-5-3-2-4-6-8)12-11(20-7)13-10(15)14-19(16,17)18/h2-6H,1H3,(H4,12,13,14,15,16,17,18)/p-2. The lowest BCUT2D eigenvalue weighted by Gasteiger charge is -2.29. The summed E-state index contributed by atoms with van der Waals surface area (Å²) in [6.45, 7) is 1.83. The molecule has 2 rings (SSSR count). The molecule has 2 amide bonds. The Morgan fingerprint density at radius 2 is 1.95 bits per heavy atom. The van der Waals surface area contributed by atoms with Gasteiger partial charge >= 0.3 is 6.03 Å². The van der Waals surface area contributed by atoms with Gasteiger partial charge in [-0.05, 0) is 6.92 Å². The molecule has 0 spiro atoms. The average Bonchev–Trinajstić information content (AvgIpc) is 2.68. The zero-order chi connectivity index (χ0) is 14.8. The Labute approximate surface area is 118 Å². The number of anilines is 1. The van der Waals surface area contributed by atoms with Crippen LogP contribution in [0.15, 0.2) is 30.3 Å². The molecule has 1 aromatic heterocycles. The summed E-state index contributed by atoms with van der Waals surface area (Å²) in [7, 11) is -5.11. The smallest absolute Gasteiger partial charge is 0.324 e. The van der Waals surface area contributed by atoms with Crippen LogP contribution >= 0.6 is 19.1 Å². The highest BCUT2D eigenvalue weighted by atomic mass is 32.1. The Hall–Kier alpha value is -1.73. The quantitative estimate of drug-likeness (QED) is 0.822. The molecule has 2 N–H and O–H groups in total. The number of amides is 2. The van der Waals surface area contributed by atoms with E-state index >= 15 is 0 Å². The molecule has 0 saturated heterocycles. The number of nitrogens with zero attached hydrogens (tertiary/aromatic N) is 1. The fourth-order valence-corrected chi connectivity index (χ4v) is 2.70. The van der Waals surface area contributed by atoms with Crippen LogP contribution in [0.5, 0.6) is 0 Å². The van der Waals surface area contributed by atoms with Crippen LogP contribution in [0, 0.1) is 6.92 Å². The van der Waals surface area contributed by atoms with E-state index in [1.807, 2.05) is 37.3 Å². The van der Waals surface area contributed by atoms with E-state index in [9.17, 15) is 19.1 Å².